The summed E-state index contributed by atoms with van der Waals surface area (Å²) >= 11 is 0. The first-order valence-corrected chi connectivity index (χ1v) is 8.14. The van der Waals surface area contributed by atoms with Crippen molar-refractivity contribution in [2.24, 2.45) is 7.05 Å². The number of carbonyl (C=O) groups excluding carboxylic acids is 1. The number of anilines is 1. The zero-order valence-electron chi connectivity index (χ0n) is 14.2. The number of amides is 1. The molecule has 1 aromatic heterocycles. The van der Waals surface area contributed by atoms with Gasteiger partial charge in [0, 0.05) is 30.1 Å². The molecule has 5 nitrogen and oxygen atoms in total. The second-order valence-corrected chi connectivity index (χ2v) is 6.04. The first kappa shape index (κ1) is 16.8. The van der Waals surface area contributed by atoms with Crippen LogP contribution in [0.1, 0.15) is 28.0 Å². The van der Waals surface area contributed by atoms with E-state index in [0.717, 1.165) is 22.2 Å². The molecule has 1 amide bonds. The summed E-state index contributed by atoms with van der Waals surface area (Å²) in [4.78, 5) is 23.5. The van der Waals surface area contributed by atoms with Gasteiger partial charge in [0.15, 0.2) is 0 Å². The van der Waals surface area contributed by atoms with E-state index in [2.05, 4.69) is 22.0 Å². The number of para-hydroxylation sites is 2. The average Bonchev–Trinajstić information content (AvgIpc) is 2.85. The third-order valence-corrected chi connectivity index (χ3v) is 4.56. The van der Waals surface area contributed by atoms with Gasteiger partial charge in [-0.15, -0.1) is 0 Å². The van der Waals surface area contributed by atoms with Crippen molar-refractivity contribution < 1.29 is 14.7 Å². The quantitative estimate of drug-likeness (QED) is 0.745. The monoisotopic (exact) mass is 336 g/mol. The summed E-state index contributed by atoms with van der Waals surface area (Å²) < 4.78 is 2.13. The number of benzene rings is 2. The van der Waals surface area contributed by atoms with E-state index in [0.29, 0.717) is 18.5 Å². The highest BCUT2D eigenvalue weighted by Crippen LogP contribution is 2.26. The van der Waals surface area contributed by atoms with E-state index < -0.39 is 5.97 Å². The molecule has 2 aromatic carbocycles. The van der Waals surface area contributed by atoms with E-state index in [1.807, 2.05) is 26.1 Å². The van der Waals surface area contributed by atoms with Gasteiger partial charge in [0.2, 0.25) is 5.91 Å². The third-order valence-electron chi connectivity index (χ3n) is 4.56. The number of hydrogen-bond acceptors (Lipinski definition) is 2. The van der Waals surface area contributed by atoms with Crippen LogP contribution >= 0.6 is 0 Å². The van der Waals surface area contributed by atoms with Gasteiger partial charge in [-0.3, -0.25) is 4.79 Å². The van der Waals surface area contributed by atoms with Gasteiger partial charge in [-0.1, -0.05) is 30.3 Å². The summed E-state index contributed by atoms with van der Waals surface area (Å²) in [6.45, 7) is 2.05. The zero-order chi connectivity index (χ0) is 18.0. The Morgan fingerprint density at radius 3 is 2.52 bits per heavy atom. The normalized spacial score (nSPS) is 10.8. The molecular formula is C20H20N2O3. The fourth-order valence-electron chi connectivity index (χ4n) is 3.14. The molecule has 0 atom stereocenters. The Kier molecular flexibility index (Phi) is 4.57. The fraction of sp³-hybridized carbons (Fsp3) is 0.200. The highest BCUT2D eigenvalue weighted by molar-refractivity contribution is 6.00. The molecule has 0 saturated carbocycles. The van der Waals surface area contributed by atoms with Crippen molar-refractivity contribution in [3.8, 4) is 0 Å². The largest absolute Gasteiger partial charge is 0.478 e. The van der Waals surface area contributed by atoms with Crippen molar-refractivity contribution in [3.05, 3.63) is 65.4 Å². The smallest absolute Gasteiger partial charge is 0.337 e. The van der Waals surface area contributed by atoms with Crippen molar-refractivity contribution in [3.63, 3.8) is 0 Å². The minimum Gasteiger partial charge on any atom is -0.478 e. The molecule has 0 fully saturated rings. The highest BCUT2D eigenvalue weighted by atomic mass is 16.4. The number of nitrogens with zero attached hydrogens (tertiary/aromatic N) is 1. The molecule has 1 heterocycles. The third kappa shape index (κ3) is 3.26. The second-order valence-electron chi connectivity index (χ2n) is 6.04. The minimum absolute atomic E-state index is 0.0946. The molecule has 128 valence electrons. The van der Waals surface area contributed by atoms with Crippen LogP contribution in [0.15, 0.2) is 48.5 Å². The summed E-state index contributed by atoms with van der Waals surface area (Å²) in [6, 6.07) is 14.5. The Morgan fingerprint density at radius 1 is 1.08 bits per heavy atom. The van der Waals surface area contributed by atoms with Crippen LogP contribution in [0.5, 0.6) is 0 Å². The van der Waals surface area contributed by atoms with Crippen molar-refractivity contribution in [1.82, 2.24) is 4.57 Å². The molecule has 0 aliphatic heterocycles. The first-order valence-electron chi connectivity index (χ1n) is 8.14. The SMILES string of the molecule is Cc1c(CCC(=O)Nc2ccccc2C(=O)O)c2ccccc2n1C. The molecule has 0 unspecified atom stereocenters. The molecule has 0 aliphatic carbocycles. The Bertz CT molecular complexity index is 957. The molecule has 0 spiro atoms. The molecule has 0 radical (unpaired) electrons. The van der Waals surface area contributed by atoms with Gasteiger partial charge in [-0.05, 0) is 37.1 Å². The van der Waals surface area contributed by atoms with Crippen LogP contribution in [-0.2, 0) is 18.3 Å². The Labute approximate surface area is 145 Å². The lowest BCUT2D eigenvalue weighted by atomic mass is 10.1. The molecule has 0 bridgehead atoms. The van der Waals surface area contributed by atoms with E-state index in [9.17, 15) is 14.7 Å². The number of carboxylic acid groups (broad SMARTS) is 1. The lowest BCUT2D eigenvalue weighted by Gasteiger charge is -2.08. The predicted octanol–water partition coefficient (Wildman–Crippen LogP) is 3.76. The number of hydrogen-bond donors (Lipinski definition) is 2. The maximum absolute atomic E-state index is 12.3. The van der Waals surface area contributed by atoms with Crippen molar-refractivity contribution in [1.29, 1.82) is 0 Å². The van der Waals surface area contributed by atoms with Crippen LogP contribution in [0.3, 0.4) is 0 Å². The molecule has 0 saturated heterocycles. The minimum atomic E-state index is -1.05. The number of rotatable bonds is 5. The predicted molar refractivity (Wildman–Crippen MR) is 98.0 cm³/mol. The van der Waals surface area contributed by atoms with Gasteiger partial charge >= 0.3 is 5.97 Å². The summed E-state index contributed by atoms with van der Waals surface area (Å²) in [5, 5.41) is 13.1. The Balaban J connectivity index is 1.76. The fourth-order valence-corrected chi connectivity index (χ4v) is 3.14. The van der Waals surface area contributed by atoms with Crippen LogP contribution in [0.25, 0.3) is 10.9 Å². The standard InChI is InChI=1S/C20H20N2O3/c1-13-14(15-7-4-6-10-18(15)22(13)2)11-12-19(23)21-17-9-5-3-8-16(17)20(24)25/h3-10H,11-12H2,1-2H3,(H,21,23)(H,24,25). The van der Waals surface area contributed by atoms with Crippen LogP contribution in [0.2, 0.25) is 0 Å². The Morgan fingerprint density at radius 2 is 1.76 bits per heavy atom. The molecule has 3 aromatic rings. The topological polar surface area (TPSA) is 71.3 Å². The number of aromatic nitrogens is 1. The maximum atomic E-state index is 12.3. The number of aromatic carboxylic acids is 1. The molecule has 2 N–H and O–H groups in total. The van der Waals surface area contributed by atoms with Gasteiger partial charge in [0.05, 0.1) is 11.3 Å². The summed E-state index contributed by atoms with van der Waals surface area (Å²) in [6.07, 6.45) is 0.900. The summed E-state index contributed by atoms with van der Waals surface area (Å²) in [5.41, 5.74) is 3.86. The van der Waals surface area contributed by atoms with Crippen LogP contribution in [0, 0.1) is 6.92 Å². The molecular weight excluding hydrogens is 316 g/mol. The van der Waals surface area contributed by atoms with E-state index in [1.54, 1.807) is 18.2 Å². The van der Waals surface area contributed by atoms with Gasteiger partial charge in [-0.2, -0.15) is 0 Å². The molecule has 3 rings (SSSR count). The van der Waals surface area contributed by atoms with E-state index in [-0.39, 0.29) is 11.5 Å². The van der Waals surface area contributed by atoms with E-state index in [4.69, 9.17) is 0 Å². The van der Waals surface area contributed by atoms with Gasteiger partial charge in [0.25, 0.3) is 0 Å². The van der Waals surface area contributed by atoms with Crippen LogP contribution < -0.4 is 5.32 Å². The van der Waals surface area contributed by atoms with Gasteiger partial charge < -0.3 is 15.0 Å². The van der Waals surface area contributed by atoms with Crippen LogP contribution in [-0.4, -0.2) is 21.6 Å². The molecule has 0 aliphatic rings. The second kappa shape index (κ2) is 6.81. The highest BCUT2D eigenvalue weighted by Gasteiger charge is 2.15. The lowest BCUT2D eigenvalue weighted by molar-refractivity contribution is -0.116. The van der Waals surface area contributed by atoms with Gasteiger partial charge in [0.1, 0.15) is 0 Å². The van der Waals surface area contributed by atoms with Crippen molar-refractivity contribution in [2.45, 2.75) is 19.8 Å². The van der Waals surface area contributed by atoms with E-state index >= 15 is 0 Å². The maximum Gasteiger partial charge on any atom is 0.337 e. The molecule has 25 heavy (non-hydrogen) atoms. The Hall–Kier alpha value is -3.08. The van der Waals surface area contributed by atoms with Gasteiger partial charge in [-0.25, -0.2) is 4.79 Å². The number of fused-ring (bicyclic) bond motifs is 1. The van der Waals surface area contributed by atoms with Crippen LogP contribution in [0.4, 0.5) is 5.69 Å². The number of nitrogens with one attached hydrogen (secondary N) is 1. The summed E-state index contributed by atoms with van der Waals surface area (Å²) in [7, 11) is 2.02. The van der Waals surface area contributed by atoms with Crippen molar-refractivity contribution >= 4 is 28.5 Å². The molecule has 5 heteroatoms. The lowest BCUT2D eigenvalue weighted by Crippen LogP contribution is -2.15. The number of carbonyl (C=O) groups is 2. The summed E-state index contributed by atoms with van der Waals surface area (Å²) in [5.74, 6) is -1.25. The first-order chi connectivity index (χ1) is 12.0. The average molecular weight is 336 g/mol. The van der Waals surface area contributed by atoms with Crippen molar-refractivity contribution in [2.75, 3.05) is 5.32 Å². The number of aryl methyl sites for hydroxylation is 2. The number of carboxylic acids is 1. The van der Waals surface area contributed by atoms with E-state index in [1.165, 1.54) is 6.07 Å². The zero-order valence-corrected chi connectivity index (χ0v) is 14.2.